The van der Waals surface area contributed by atoms with E-state index in [2.05, 4.69) is 25.8 Å². The Kier molecular flexibility index (Phi) is 6.73. The van der Waals surface area contributed by atoms with Crippen molar-refractivity contribution in [2.24, 2.45) is 7.05 Å². The van der Waals surface area contributed by atoms with Crippen LogP contribution in [-0.2, 0) is 11.8 Å². The van der Waals surface area contributed by atoms with Crippen LogP contribution in [0.3, 0.4) is 0 Å². The molecule has 2 heterocycles. The third-order valence-corrected chi connectivity index (χ3v) is 6.81. The molecule has 0 fully saturated rings. The van der Waals surface area contributed by atoms with Crippen molar-refractivity contribution in [2.45, 2.75) is 18.1 Å². The Balaban J connectivity index is 1.34. The Hall–Kier alpha value is -2.95. The van der Waals surface area contributed by atoms with Crippen molar-refractivity contribution in [3.63, 3.8) is 0 Å². The van der Waals surface area contributed by atoms with Crippen molar-refractivity contribution < 1.29 is 9.59 Å². The molecule has 0 unspecified atom stereocenters. The normalized spacial score (nSPS) is 12.0. The fraction of sp³-hybridized carbons (Fsp3) is 0.190. The van der Waals surface area contributed by atoms with Crippen LogP contribution in [0.15, 0.2) is 53.7 Å². The number of nitrogens with zero attached hydrogens (tertiary/aromatic N) is 4. The molecule has 4 rings (SSSR count). The van der Waals surface area contributed by atoms with Crippen LogP contribution in [-0.4, -0.2) is 37.3 Å². The molecule has 2 N–H and O–H groups in total. The van der Waals surface area contributed by atoms with Crippen LogP contribution in [0, 0.1) is 0 Å². The monoisotopic (exact) mass is 486 g/mol. The molecular formula is C21H19ClN6O2S2. The number of nitrogens with one attached hydrogen (secondary N) is 2. The van der Waals surface area contributed by atoms with Gasteiger partial charge in [0.25, 0.3) is 5.91 Å². The van der Waals surface area contributed by atoms with Gasteiger partial charge in [-0.2, -0.15) is 0 Å². The maximum atomic E-state index is 12.4. The molecule has 0 saturated carbocycles. The third-order valence-electron chi connectivity index (χ3n) is 4.58. The van der Waals surface area contributed by atoms with Crippen molar-refractivity contribution in [1.82, 2.24) is 25.1 Å². The van der Waals surface area contributed by atoms with Crippen LogP contribution in [0.5, 0.6) is 0 Å². The maximum absolute atomic E-state index is 12.4. The summed E-state index contributed by atoms with van der Waals surface area (Å²) in [6.07, 6.45) is 0. The first kappa shape index (κ1) is 22.3. The number of hydrogen-bond donors (Lipinski definition) is 2. The topological polar surface area (TPSA) is 102 Å². The highest BCUT2D eigenvalue weighted by molar-refractivity contribution is 7.99. The fourth-order valence-electron chi connectivity index (χ4n) is 2.99. The minimum atomic E-state index is -0.374. The van der Waals surface area contributed by atoms with E-state index in [1.807, 2.05) is 31.2 Å². The van der Waals surface area contributed by atoms with Gasteiger partial charge in [-0.15, -0.1) is 10.2 Å². The standard InChI is InChI=1S/C21H19ClN6O2S2/c1-12(23-19(30)13-7-9-14(22)10-8-13)18-26-27-21(28(18)2)31-11-17(29)25-20-24-15-5-3-4-6-16(15)32-20/h3-10,12H,11H2,1-2H3,(H,23,30)(H,24,25,29)/t12-/m0/s1. The number of carbonyl (C=O) groups is 2. The molecule has 32 heavy (non-hydrogen) atoms. The van der Waals surface area contributed by atoms with Crippen LogP contribution >= 0.6 is 34.7 Å². The molecule has 1 atom stereocenters. The number of hydrogen-bond acceptors (Lipinski definition) is 7. The Morgan fingerprint density at radius 3 is 2.66 bits per heavy atom. The predicted octanol–water partition coefficient (Wildman–Crippen LogP) is 4.30. The number of carbonyl (C=O) groups excluding carboxylic acids is 2. The number of benzene rings is 2. The minimum absolute atomic E-state index is 0.160. The number of fused-ring (bicyclic) bond motifs is 1. The Bertz CT molecular complexity index is 1240. The molecule has 11 heteroatoms. The molecule has 0 aliphatic rings. The summed E-state index contributed by atoms with van der Waals surface area (Å²) in [7, 11) is 1.80. The van der Waals surface area contributed by atoms with Gasteiger partial charge in [0.15, 0.2) is 16.1 Å². The number of amides is 2. The van der Waals surface area contributed by atoms with E-state index >= 15 is 0 Å². The van der Waals surface area contributed by atoms with E-state index in [0.29, 0.717) is 26.7 Å². The summed E-state index contributed by atoms with van der Waals surface area (Å²) >= 11 is 8.56. The second kappa shape index (κ2) is 9.68. The van der Waals surface area contributed by atoms with Crippen LogP contribution in [0.1, 0.15) is 29.1 Å². The van der Waals surface area contributed by atoms with Gasteiger partial charge in [0.2, 0.25) is 5.91 Å². The molecular weight excluding hydrogens is 468 g/mol. The van der Waals surface area contributed by atoms with Crippen molar-refractivity contribution in [3.8, 4) is 0 Å². The van der Waals surface area contributed by atoms with Gasteiger partial charge in [-0.25, -0.2) is 4.98 Å². The lowest BCUT2D eigenvalue weighted by atomic mass is 10.2. The van der Waals surface area contributed by atoms with E-state index in [9.17, 15) is 9.59 Å². The van der Waals surface area contributed by atoms with Crippen LogP contribution in [0.2, 0.25) is 5.02 Å². The molecule has 2 amide bonds. The lowest BCUT2D eigenvalue weighted by Gasteiger charge is -2.13. The zero-order valence-corrected chi connectivity index (χ0v) is 19.6. The minimum Gasteiger partial charge on any atom is -0.342 e. The molecule has 2 aromatic heterocycles. The summed E-state index contributed by atoms with van der Waals surface area (Å²) in [5.74, 6) is 0.332. The van der Waals surface area contributed by atoms with Gasteiger partial charge in [-0.1, -0.05) is 46.8 Å². The summed E-state index contributed by atoms with van der Waals surface area (Å²) in [4.78, 5) is 29.2. The highest BCUT2D eigenvalue weighted by Crippen LogP contribution is 2.26. The summed E-state index contributed by atoms with van der Waals surface area (Å²) in [5, 5.41) is 15.8. The zero-order chi connectivity index (χ0) is 22.7. The largest absolute Gasteiger partial charge is 0.342 e. The molecule has 2 aromatic carbocycles. The van der Waals surface area contributed by atoms with Gasteiger partial charge in [0.05, 0.1) is 22.0 Å². The molecule has 0 aliphatic heterocycles. The highest BCUT2D eigenvalue weighted by Gasteiger charge is 2.19. The fourth-order valence-corrected chi connectivity index (χ4v) is 4.71. The molecule has 0 bridgehead atoms. The molecule has 0 saturated heterocycles. The number of rotatable bonds is 7. The van der Waals surface area contributed by atoms with E-state index < -0.39 is 0 Å². The second-order valence-corrected chi connectivity index (χ2v) is 9.34. The van der Waals surface area contributed by atoms with Crippen molar-refractivity contribution in [1.29, 1.82) is 0 Å². The van der Waals surface area contributed by atoms with E-state index in [1.165, 1.54) is 23.1 Å². The molecule has 8 nitrogen and oxygen atoms in total. The first-order chi connectivity index (χ1) is 15.4. The number of thiazole rings is 1. The van der Waals surface area contributed by atoms with Gasteiger partial charge in [0, 0.05) is 17.6 Å². The zero-order valence-electron chi connectivity index (χ0n) is 17.2. The third kappa shape index (κ3) is 5.09. The van der Waals surface area contributed by atoms with E-state index in [4.69, 9.17) is 11.6 Å². The lowest BCUT2D eigenvalue weighted by molar-refractivity contribution is -0.113. The first-order valence-electron chi connectivity index (χ1n) is 9.64. The van der Waals surface area contributed by atoms with Crippen molar-refractivity contribution >= 4 is 61.9 Å². The van der Waals surface area contributed by atoms with E-state index in [0.717, 1.165) is 10.2 Å². The van der Waals surface area contributed by atoms with Crippen molar-refractivity contribution in [2.75, 3.05) is 11.1 Å². The highest BCUT2D eigenvalue weighted by atomic mass is 35.5. The van der Waals surface area contributed by atoms with Gasteiger partial charge in [0.1, 0.15) is 0 Å². The number of thioether (sulfide) groups is 1. The summed E-state index contributed by atoms with van der Waals surface area (Å²) in [5.41, 5.74) is 1.36. The van der Waals surface area contributed by atoms with Crippen LogP contribution in [0.4, 0.5) is 5.13 Å². The van der Waals surface area contributed by atoms with Gasteiger partial charge in [-0.3, -0.25) is 9.59 Å². The van der Waals surface area contributed by atoms with Crippen LogP contribution < -0.4 is 10.6 Å². The summed E-state index contributed by atoms with van der Waals surface area (Å²) in [6, 6.07) is 14.0. The van der Waals surface area contributed by atoms with Crippen molar-refractivity contribution in [3.05, 3.63) is 64.9 Å². The second-order valence-electron chi connectivity index (χ2n) is 6.93. The Labute approximate surface area is 197 Å². The molecule has 0 radical (unpaired) electrons. The predicted molar refractivity (Wildman–Crippen MR) is 127 cm³/mol. The van der Waals surface area contributed by atoms with E-state index in [1.54, 1.807) is 35.9 Å². The number of anilines is 1. The maximum Gasteiger partial charge on any atom is 0.251 e. The SMILES string of the molecule is C[C@H](NC(=O)c1ccc(Cl)cc1)c1nnc(SCC(=O)Nc2nc3ccccc3s2)n1C. The quantitative estimate of drug-likeness (QED) is 0.377. The average molecular weight is 487 g/mol. The van der Waals surface area contributed by atoms with Crippen LogP contribution in [0.25, 0.3) is 10.2 Å². The number of para-hydroxylation sites is 1. The Morgan fingerprint density at radius 2 is 1.91 bits per heavy atom. The molecule has 0 aliphatic carbocycles. The average Bonchev–Trinajstić information content (AvgIpc) is 3.35. The molecule has 0 spiro atoms. The molecule has 4 aromatic rings. The molecule has 164 valence electrons. The number of halogens is 1. The first-order valence-corrected chi connectivity index (χ1v) is 11.8. The van der Waals surface area contributed by atoms with Gasteiger partial charge < -0.3 is 15.2 Å². The summed E-state index contributed by atoms with van der Waals surface area (Å²) in [6.45, 7) is 1.83. The lowest BCUT2D eigenvalue weighted by Crippen LogP contribution is -2.28. The van der Waals surface area contributed by atoms with Gasteiger partial charge >= 0.3 is 0 Å². The number of aromatic nitrogens is 4. The van der Waals surface area contributed by atoms with Gasteiger partial charge in [-0.05, 0) is 43.3 Å². The summed E-state index contributed by atoms with van der Waals surface area (Å²) < 4.78 is 2.78. The Morgan fingerprint density at radius 1 is 1.16 bits per heavy atom. The smallest absolute Gasteiger partial charge is 0.251 e. The van der Waals surface area contributed by atoms with E-state index in [-0.39, 0.29) is 23.6 Å².